The SMILES string of the molecule is CCCCCCCCCCCC(=O)N(C)CCS(=O)(=O)O.[Mg]. The zero-order chi connectivity index (χ0) is 16.1. The van der Waals surface area contributed by atoms with Crippen molar-refractivity contribution in [1.29, 1.82) is 0 Å². The van der Waals surface area contributed by atoms with E-state index in [0.717, 1.165) is 19.3 Å². The van der Waals surface area contributed by atoms with Gasteiger partial charge in [-0.3, -0.25) is 9.35 Å². The third-order valence-corrected chi connectivity index (χ3v) is 4.30. The van der Waals surface area contributed by atoms with E-state index >= 15 is 0 Å². The average molecular weight is 346 g/mol. The molecule has 0 heterocycles. The van der Waals surface area contributed by atoms with Gasteiger partial charge in [-0.2, -0.15) is 8.42 Å². The predicted octanol–water partition coefficient (Wildman–Crippen LogP) is 2.87. The number of carbonyl (C=O) groups is 1. The van der Waals surface area contributed by atoms with Crippen molar-refractivity contribution in [3.63, 3.8) is 0 Å². The van der Waals surface area contributed by atoms with E-state index in [9.17, 15) is 13.2 Å². The molecule has 1 amide bonds. The van der Waals surface area contributed by atoms with Gasteiger partial charge < -0.3 is 4.90 Å². The number of unbranched alkanes of at least 4 members (excludes halogenated alkanes) is 8. The number of carbonyl (C=O) groups excluding carboxylic acids is 1. The molecule has 0 fully saturated rings. The van der Waals surface area contributed by atoms with E-state index in [1.807, 2.05) is 0 Å². The zero-order valence-corrected chi connectivity index (χ0v) is 16.5. The maximum atomic E-state index is 11.7. The van der Waals surface area contributed by atoms with E-state index < -0.39 is 15.9 Å². The van der Waals surface area contributed by atoms with Crippen molar-refractivity contribution in [2.24, 2.45) is 0 Å². The zero-order valence-electron chi connectivity index (χ0n) is 14.2. The molecule has 0 aliphatic heterocycles. The molecular formula is C15H31MgNO4S. The first-order valence-electron chi connectivity index (χ1n) is 8.06. The minimum Gasteiger partial charge on any atom is -0.345 e. The minimum atomic E-state index is -3.99. The van der Waals surface area contributed by atoms with Crippen LogP contribution < -0.4 is 0 Å². The Bertz CT molecular complexity index is 374. The fraction of sp³-hybridized carbons (Fsp3) is 0.933. The average Bonchev–Trinajstić information content (AvgIpc) is 2.41. The standard InChI is InChI=1S/C15H31NO4S.Mg/c1-3-4-5-6-7-8-9-10-11-12-15(17)16(2)13-14-21(18,19)20;/h3-14H2,1-2H3,(H,18,19,20);. The maximum Gasteiger partial charge on any atom is 0.266 e. The summed E-state index contributed by atoms with van der Waals surface area (Å²) >= 11 is 0. The van der Waals surface area contributed by atoms with Crippen LogP contribution in [0.3, 0.4) is 0 Å². The van der Waals surface area contributed by atoms with Crippen LogP contribution in [-0.4, -0.2) is 66.2 Å². The normalized spacial score (nSPS) is 11.0. The van der Waals surface area contributed by atoms with Gasteiger partial charge in [0.2, 0.25) is 5.91 Å². The van der Waals surface area contributed by atoms with Crippen molar-refractivity contribution in [2.45, 2.75) is 71.1 Å². The number of amides is 1. The second-order valence-corrected chi connectivity index (χ2v) is 7.25. The van der Waals surface area contributed by atoms with E-state index in [0.29, 0.717) is 6.42 Å². The summed E-state index contributed by atoms with van der Waals surface area (Å²) in [6.07, 6.45) is 11.3. The summed E-state index contributed by atoms with van der Waals surface area (Å²) in [5.41, 5.74) is 0. The summed E-state index contributed by atoms with van der Waals surface area (Å²) < 4.78 is 29.8. The summed E-state index contributed by atoms with van der Waals surface area (Å²) in [6.45, 7) is 2.26. The Morgan fingerprint density at radius 1 is 0.955 bits per heavy atom. The Morgan fingerprint density at radius 3 is 1.86 bits per heavy atom. The van der Waals surface area contributed by atoms with Crippen LogP contribution in [0, 0.1) is 0 Å². The molecule has 0 spiro atoms. The molecule has 128 valence electrons. The van der Waals surface area contributed by atoms with E-state index in [4.69, 9.17) is 4.55 Å². The Labute approximate surface area is 152 Å². The van der Waals surface area contributed by atoms with Crippen molar-refractivity contribution in [3.8, 4) is 0 Å². The molecule has 0 aromatic rings. The van der Waals surface area contributed by atoms with Gasteiger partial charge in [-0.15, -0.1) is 0 Å². The summed E-state index contributed by atoms with van der Waals surface area (Å²) in [4.78, 5) is 13.1. The lowest BCUT2D eigenvalue weighted by molar-refractivity contribution is -0.129. The summed E-state index contributed by atoms with van der Waals surface area (Å²) in [7, 11) is -2.42. The van der Waals surface area contributed by atoms with Gasteiger partial charge in [-0.25, -0.2) is 0 Å². The van der Waals surface area contributed by atoms with Gasteiger partial charge in [0, 0.05) is 43.1 Å². The first kappa shape index (κ1) is 24.4. The van der Waals surface area contributed by atoms with E-state index in [1.165, 1.54) is 43.4 Å². The van der Waals surface area contributed by atoms with Gasteiger partial charge in [0.15, 0.2) is 0 Å². The smallest absolute Gasteiger partial charge is 0.266 e. The van der Waals surface area contributed by atoms with Gasteiger partial charge >= 0.3 is 0 Å². The van der Waals surface area contributed by atoms with Crippen LogP contribution in [0.5, 0.6) is 0 Å². The van der Waals surface area contributed by atoms with E-state index in [1.54, 1.807) is 7.05 Å². The number of hydrogen-bond donors (Lipinski definition) is 1. The largest absolute Gasteiger partial charge is 0.345 e. The fourth-order valence-corrected chi connectivity index (χ4v) is 2.66. The third kappa shape index (κ3) is 16.5. The molecule has 0 atom stereocenters. The minimum absolute atomic E-state index is 0. The quantitative estimate of drug-likeness (QED) is 0.316. The number of rotatable bonds is 13. The van der Waals surface area contributed by atoms with Crippen LogP contribution in [0.25, 0.3) is 0 Å². The van der Waals surface area contributed by atoms with Crippen LogP contribution in [0.15, 0.2) is 0 Å². The van der Waals surface area contributed by atoms with Crippen LogP contribution in [-0.2, 0) is 14.9 Å². The number of nitrogens with zero attached hydrogens (tertiary/aromatic N) is 1. The first-order chi connectivity index (χ1) is 9.87. The molecule has 0 rings (SSSR count). The monoisotopic (exact) mass is 345 g/mol. The Morgan fingerprint density at radius 2 is 1.41 bits per heavy atom. The summed E-state index contributed by atoms with van der Waals surface area (Å²) in [5.74, 6) is -0.450. The van der Waals surface area contributed by atoms with Crippen molar-refractivity contribution in [2.75, 3.05) is 19.3 Å². The highest BCUT2D eigenvalue weighted by Gasteiger charge is 2.12. The van der Waals surface area contributed by atoms with Gasteiger partial charge in [-0.05, 0) is 6.42 Å². The summed E-state index contributed by atoms with van der Waals surface area (Å²) in [6, 6.07) is 0. The van der Waals surface area contributed by atoms with Crippen LogP contribution in [0.4, 0.5) is 0 Å². The maximum absolute atomic E-state index is 11.7. The molecule has 2 radical (unpaired) electrons. The fourth-order valence-electron chi connectivity index (χ4n) is 2.15. The molecule has 7 heteroatoms. The Kier molecular flexibility index (Phi) is 16.3. The highest BCUT2D eigenvalue weighted by molar-refractivity contribution is 7.85. The molecule has 1 N–H and O–H groups in total. The summed E-state index contributed by atoms with van der Waals surface area (Å²) in [5, 5.41) is 0. The molecule has 0 aliphatic carbocycles. The van der Waals surface area contributed by atoms with Crippen molar-refractivity contribution in [3.05, 3.63) is 0 Å². The third-order valence-electron chi connectivity index (χ3n) is 3.60. The first-order valence-corrected chi connectivity index (χ1v) is 9.67. The second kappa shape index (κ2) is 14.7. The van der Waals surface area contributed by atoms with Crippen LogP contribution in [0.1, 0.15) is 71.1 Å². The molecular weight excluding hydrogens is 315 g/mol. The van der Waals surface area contributed by atoms with Gasteiger partial charge in [0.1, 0.15) is 0 Å². The van der Waals surface area contributed by atoms with Crippen molar-refractivity contribution in [1.82, 2.24) is 4.90 Å². The molecule has 0 aromatic carbocycles. The van der Waals surface area contributed by atoms with E-state index in [2.05, 4.69) is 6.92 Å². The molecule has 0 bridgehead atoms. The van der Waals surface area contributed by atoms with Crippen LogP contribution in [0.2, 0.25) is 0 Å². The lowest BCUT2D eigenvalue weighted by atomic mass is 10.1. The van der Waals surface area contributed by atoms with E-state index in [-0.39, 0.29) is 35.5 Å². The van der Waals surface area contributed by atoms with Crippen LogP contribution >= 0.6 is 0 Å². The van der Waals surface area contributed by atoms with Gasteiger partial charge in [0.05, 0.1) is 5.75 Å². The second-order valence-electron chi connectivity index (χ2n) is 5.68. The molecule has 0 aromatic heterocycles. The molecule has 0 saturated heterocycles. The predicted molar refractivity (Wildman–Crippen MR) is 91.7 cm³/mol. The number of hydrogen-bond acceptors (Lipinski definition) is 3. The van der Waals surface area contributed by atoms with Crippen molar-refractivity contribution < 1.29 is 17.8 Å². The molecule has 0 unspecified atom stereocenters. The van der Waals surface area contributed by atoms with Crippen molar-refractivity contribution >= 4 is 39.1 Å². The Hall–Kier alpha value is 0.146. The highest BCUT2D eigenvalue weighted by atomic mass is 32.2. The van der Waals surface area contributed by atoms with Gasteiger partial charge in [0.25, 0.3) is 10.1 Å². The topological polar surface area (TPSA) is 74.7 Å². The molecule has 5 nitrogen and oxygen atoms in total. The highest BCUT2D eigenvalue weighted by Crippen LogP contribution is 2.11. The lowest BCUT2D eigenvalue weighted by Gasteiger charge is -2.16. The Balaban J connectivity index is 0. The molecule has 0 saturated carbocycles. The molecule has 0 aliphatic rings. The lowest BCUT2D eigenvalue weighted by Crippen LogP contribution is -2.31. The molecule has 22 heavy (non-hydrogen) atoms. The van der Waals surface area contributed by atoms with Gasteiger partial charge in [-0.1, -0.05) is 58.3 Å².